The molecule has 114 valence electrons. The maximum atomic E-state index is 12.4. The van der Waals surface area contributed by atoms with Crippen LogP contribution in [0.1, 0.15) is 52.4 Å². The summed E-state index contributed by atoms with van der Waals surface area (Å²) >= 11 is 0. The Bertz CT molecular complexity index is 356. The number of rotatable bonds is 5. The van der Waals surface area contributed by atoms with E-state index >= 15 is 0 Å². The van der Waals surface area contributed by atoms with Gasteiger partial charge in [-0.3, -0.25) is 14.5 Å². The Morgan fingerprint density at radius 2 is 1.80 bits per heavy atom. The van der Waals surface area contributed by atoms with Gasteiger partial charge in [0.25, 0.3) is 0 Å². The molecule has 2 fully saturated rings. The van der Waals surface area contributed by atoms with E-state index in [2.05, 4.69) is 17.1 Å². The highest BCUT2D eigenvalue weighted by molar-refractivity contribution is 5.87. The number of carbonyl (C=O) groups is 2. The van der Waals surface area contributed by atoms with Gasteiger partial charge < -0.3 is 5.32 Å². The SMILES string of the molecule is CCN1CCC[C@@H]1CNC(=O)[C@H]1CCCC[C@H]1C(C)=O. The van der Waals surface area contributed by atoms with Crippen molar-refractivity contribution in [1.82, 2.24) is 10.2 Å². The summed E-state index contributed by atoms with van der Waals surface area (Å²) in [6, 6.07) is 0.489. The predicted molar refractivity (Wildman–Crippen MR) is 79.4 cm³/mol. The summed E-state index contributed by atoms with van der Waals surface area (Å²) in [5, 5.41) is 3.11. The van der Waals surface area contributed by atoms with Gasteiger partial charge in [-0.05, 0) is 45.7 Å². The topological polar surface area (TPSA) is 49.4 Å². The highest BCUT2D eigenvalue weighted by Gasteiger charge is 2.34. The number of Topliss-reactive ketones (excluding diaryl/α,β-unsaturated/α-hetero) is 1. The molecule has 0 aromatic heterocycles. The number of hydrogen-bond donors (Lipinski definition) is 1. The number of ketones is 1. The smallest absolute Gasteiger partial charge is 0.223 e. The van der Waals surface area contributed by atoms with Crippen LogP contribution in [0.3, 0.4) is 0 Å². The first-order chi connectivity index (χ1) is 9.63. The molecule has 0 spiro atoms. The number of hydrogen-bond acceptors (Lipinski definition) is 3. The quantitative estimate of drug-likeness (QED) is 0.838. The van der Waals surface area contributed by atoms with Crippen LogP contribution >= 0.6 is 0 Å². The van der Waals surface area contributed by atoms with Crippen LogP contribution in [0, 0.1) is 11.8 Å². The highest BCUT2D eigenvalue weighted by Crippen LogP contribution is 2.31. The van der Waals surface area contributed by atoms with Gasteiger partial charge in [0.05, 0.1) is 0 Å². The number of carbonyl (C=O) groups excluding carboxylic acids is 2. The van der Waals surface area contributed by atoms with Crippen molar-refractivity contribution in [2.45, 2.75) is 58.4 Å². The van der Waals surface area contributed by atoms with Crippen LogP contribution in [0.2, 0.25) is 0 Å². The lowest BCUT2D eigenvalue weighted by atomic mass is 9.77. The minimum Gasteiger partial charge on any atom is -0.354 e. The molecule has 0 bridgehead atoms. The molecule has 2 rings (SSSR count). The van der Waals surface area contributed by atoms with E-state index in [1.54, 1.807) is 6.92 Å². The molecule has 0 aromatic carbocycles. The molecule has 1 aliphatic heterocycles. The zero-order valence-corrected chi connectivity index (χ0v) is 12.9. The lowest BCUT2D eigenvalue weighted by molar-refractivity contribution is -0.134. The molecule has 4 nitrogen and oxygen atoms in total. The summed E-state index contributed by atoms with van der Waals surface area (Å²) in [7, 11) is 0. The Hall–Kier alpha value is -0.900. The molecule has 1 amide bonds. The fourth-order valence-electron chi connectivity index (χ4n) is 3.82. The fourth-order valence-corrected chi connectivity index (χ4v) is 3.82. The molecule has 0 radical (unpaired) electrons. The number of nitrogens with zero attached hydrogens (tertiary/aromatic N) is 1. The van der Waals surface area contributed by atoms with Crippen LogP contribution in [0.15, 0.2) is 0 Å². The Balaban J connectivity index is 1.85. The van der Waals surface area contributed by atoms with Crippen molar-refractivity contribution in [2.24, 2.45) is 11.8 Å². The third-order valence-corrected chi connectivity index (χ3v) is 5.04. The monoisotopic (exact) mass is 280 g/mol. The third-order valence-electron chi connectivity index (χ3n) is 5.04. The second-order valence-corrected chi connectivity index (χ2v) is 6.28. The molecule has 1 saturated carbocycles. The minimum absolute atomic E-state index is 0.0467. The molecule has 1 N–H and O–H groups in total. The Morgan fingerprint density at radius 1 is 1.10 bits per heavy atom. The van der Waals surface area contributed by atoms with Gasteiger partial charge in [0.15, 0.2) is 0 Å². The van der Waals surface area contributed by atoms with Gasteiger partial charge in [0, 0.05) is 24.4 Å². The summed E-state index contributed by atoms with van der Waals surface area (Å²) in [4.78, 5) is 26.5. The molecule has 1 heterocycles. The van der Waals surface area contributed by atoms with E-state index in [-0.39, 0.29) is 23.5 Å². The number of likely N-dealkylation sites (tertiary alicyclic amines) is 1. The van der Waals surface area contributed by atoms with Crippen molar-refractivity contribution in [3.8, 4) is 0 Å². The third kappa shape index (κ3) is 3.60. The van der Waals surface area contributed by atoms with E-state index in [0.29, 0.717) is 6.04 Å². The van der Waals surface area contributed by atoms with Gasteiger partial charge in [-0.1, -0.05) is 19.8 Å². The maximum Gasteiger partial charge on any atom is 0.223 e. The van der Waals surface area contributed by atoms with Crippen LogP contribution in [0.5, 0.6) is 0 Å². The van der Waals surface area contributed by atoms with Crippen molar-refractivity contribution in [2.75, 3.05) is 19.6 Å². The van der Waals surface area contributed by atoms with E-state index < -0.39 is 0 Å². The van der Waals surface area contributed by atoms with Gasteiger partial charge in [-0.2, -0.15) is 0 Å². The predicted octanol–water partition coefficient (Wildman–Crippen LogP) is 1.98. The van der Waals surface area contributed by atoms with E-state index in [1.165, 1.54) is 12.8 Å². The molecular formula is C16H28N2O2. The first-order valence-corrected chi connectivity index (χ1v) is 8.15. The number of likely N-dealkylation sites (N-methyl/N-ethyl adjacent to an activating group) is 1. The van der Waals surface area contributed by atoms with Crippen molar-refractivity contribution in [3.05, 3.63) is 0 Å². The average Bonchev–Trinajstić information content (AvgIpc) is 2.92. The van der Waals surface area contributed by atoms with E-state index in [0.717, 1.165) is 45.3 Å². The van der Waals surface area contributed by atoms with Crippen LogP contribution in [-0.4, -0.2) is 42.3 Å². The zero-order valence-electron chi connectivity index (χ0n) is 12.9. The molecule has 1 saturated heterocycles. The average molecular weight is 280 g/mol. The molecule has 4 heteroatoms. The van der Waals surface area contributed by atoms with Gasteiger partial charge >= 0.3 is 0 Å². The summed E-state index contributed by atoms with van der Waals surface area (Å²) < 4.78 is 0. The molecule has 3 atom stereocenters. The van der Waals surface area contributed by atoms with Gasteiger partial charge in [0.2, 0.25) is 5.91 Å². The Kier molecular flexibility index (Phi) is 5.58. The molecule has 0 aromatic rings. The van der Waals surface area contributed by atoms with Crippen LogP contribution in [0.25, 0.3) is 0 Å². The number of nitrogens with one attached hydrogen (secondary N) is 1. The summed E-state index contributed by atoms with van der Waals surface area (Å²) in [6.45, 7) is 6.75. The molecule has 2 aliphatic rings. The molecular weight excluding hydrogens is 252 g/mol. The Morgan fingerprint density at radius 3 is 2.45 bits per heavy atom. The summed E-state index contributed by atoms with van der Waals surface area (Å²) in [5.41, 5.74) is 0. The number of amides is 1. The van der Waals surface area contributed by atoms with Crippen molar-refractivity contribution in [3.63, 3.8) is 0 Å². The lowest BCUT2D eigenvalue weighted by Crippen LogP contribution is -2.44. The lowest BCUT2D eigenvalue weighted by Gasteiger charge is -2.30. The second-order valence-electron chi connectivity index (χ2n) is 6.28. The second kappa shape index (κ2) is 7.21. The summed E-state index contributed by atoms with van der Waals surface area (Å²) in [6.07, 6.45) is 6.33. The van der Waals surface area contributed by atoms with Crippen molar-refractivity contribution < 1.29 is 9.59 Å². The first-order valence-electron chi connectivity index (χ1n) is 8.15. The first kappa shape index (κ1) is 15.5. The molecule has 20 heavy (non-hydrogen) atoms. The van der Waals surface area contributed by atoms with Gasteiger partial charge in [-0.15, -0.1) is 0 Å². The zero-order chi connectivity index (χ0) is 14.5. The summed E-state index contributed by atoms with van der Waals surface area (Å²) in [5.74, 6) is 0.154. The minimum atomic E-state index is -0.0854. The van der Waals surface area contributed by atoms with Crippen LogP contribution in [-0.2, 0) is 9.59 Å². The standard InChI is InChI=1S/C16H28N2O2/c1-3-18-10-6-7-13(18)11-17-16(20)15-9-5-4-8-14(15)12(2)19/h13-15H,3-11H2,1-2H3,(H,17,20)/t13-,14+,15+/m1/s1. The van der Waals surface area contributed by atoms with Gasteiger partial charge in [0.1, 0.15) is 5.78 Å². The van der Waals surface area contributed by atoms with Crippen LogP contribution < -0.4 is 5.32 Å². The highest BCUT2D eigenvalue weighted by atomic mass is 16.2. The normalized spacial score (nSPS) is 31.2. The molecule has 1 aliphatic carbocycles. The van der Waals surface area contributed by atoms with E-state index in [9.17, 15) is 9.59 Å². The largest absolute Gasteiger partial charge is 0.354 e. The Labute approximate surface area is 122 Å². The molecule has 0 unspecified atom stereocenters. The van der Waals surface area contributed by atoms with Crippen LogP contribution in [0.4, 0.5) is 0 Å². The van der Waals surface area contributed by atoms with E-state index in [4.69, 9.17) is 0 Å². The van der Waals surface area contributed by atoms with Crippen molar-refractivity contribution >= 4 is 11.7 Å². The van der Waals surface area contributed by atoms with Crippen molar-refractivity contribution in [1.29, 1.82) is 0 Å². The van der Waals surface area contributed by atoms with Gasteiger partial charge in [-0.25, -0.2) is 0 Å². The fraction of sp³-hybridized carbons (Fsp3) is 0.875. The van der Waals surface area contributed by atoms with E-state index in [1.807, 2.05) is 0 Å². The maximum absolute atomic E-state index is 12.4.